The van der Waals surface area contributed by atoms with E-state index in [0.717, 1.165) is 0 Å². The largest absolute Gasteiger partial charge is 0.480 e. The molecule has 3 rings (SSSR count). The van der Waals surface area contributed by atoms with Crippen LogP contribution in [0.5, 0.6) is 0 Å². The second-order valence-electron chi connectivity index (χ2n) is 6.91. The lowest BCUT2D eigenvalue weighted by Gasteiger charge is -2.22. The van der Waals surface area contributed by atoms with Gasteiger partial charge in [0.1, 0.15) is 12.6 Å². The maximum absolute atomic E-state index is 13.0. The first-order chi connectivity index (χ1) is 13.3. The number of rotatable bonds is 6. The van der Waals surface area contributed by atoms with Gasteiger partial charge in [0.2, 0.25) is 5.91 Å². The molecule has 28 heavy (non-hydrogen) atoms. The third-order valence-corrected chi connectivity index (χ3v) is 4.64. The van der Waals surface area contributed by atoms with E-state index in [1.165, 1.54) is 0 Å². The summed E-state index contributed by atoms with van der Waals surface area (Å²) in [4.78, 5) is 48.5. The Morgan fingerprint density at radius 1 is 0.964 bits per heavy atom. The van der Waals surface area contributed by atoms with Gasteiger partial charge in [-0.25, -0.2) is 0 Å². The van der Waals surface area contributed by atoms with Gasteiger partial charge in [-0.3, -0.25) is 19.2 Å². The van der Waals surface area contributed by atoms with Gasteiger partial charge in [-0.05, 0) is 17.5 Å². The smallest absolute Gasteiger partial charge is 0.322 e. The number of benzene rings is 2. The van der Waals surface area contributed by atoms with Crippen LogP contribution in [0.25, 0.3) is 11.1 Å². The van der Waals surface area contributed by atoms with Crippen LogP contribution in [0, 0.1) is 5.92 Å². The van der Waals surface area contributed by atoms with Crippen LogP contribution in [0.2, 0.25) is 0 Å². The average molecular weight is 380 g/mol. The van der Waals surface area contributed by atoms with E-state index < -0.39 is 30.4 Å². The van der Waals surface area contributed by atoms with E-state index in [1.807, 2.05) is 0 Å². The molecule has 7 nitrogen and oxygen atoms in total. The highest BCUT2D eigenvalue weighted by atomic mass is 16.4. The van der Waals surface area contributed by atoms with Crippen LogP contribution in [-0.2, 0) is 9.59 Å². The van der Waals surface area contributed by atoms with Gasteiger partial charge in [0.15, 0.2) is 5.78 Å². The molecule has 2 aromatic carbocycles. The van der Waals surface area contributed by atoms with E-state index in [4.69, 9.17) is 5.11 Å². The average Bonchev–Trinajstić information content (AvgIpc) is 2.96. The van der Waals surface area contributed by atoms with Crippen LogP contribution in [0.1, 0.15) is 40.1 Å². The zero-order chi connectivity index (χ0) is 20.4. The fourth-order valence-electron chi connectivity index (χ4n) is 3.29. The Balaban J connectivity index is 1.91. The van der Waals surface area contributed by atoms with Crippen molar-refractivity contribution in [2.24, 2.45) is 5.92 Å². The summed E-state index contributed by atoms with van der Waals surface area (Å²) in [5.41, 5.74) is 2.52. The van der Waals surface area contributed by atoms with E-state index >= 15 is 0 Å². The zero-order valence-corrected chi connectivity index (χ0v) is 15.5. The van der Waals surface area contributed by atoms with Crippen molar-refractivity contribution in [2.75, 3.05) is 6.54 Å². The number of nitrogens with one attached hydrogen (secondary N) is 2. The molecular formula is C21H20N2O5. The monoisotopic (exact) mass is 380 g/mol. The van der Waals surface area contributed by atoms with Crippen molar-refractivity contribution >= 4 is 23.6 Å². The third-order valence-electron chi connectivity index (χ3n) is 4.64. The van der Waals surface area contributed by atoms with Crippen LogP contribution in [0.15, 0.2) is 42.5 Å². The molecule has 0 spiro atoms. The Morgan fingerprint density at radius 3 is 2.25 bits per heavy atom. The van der Waals surface area contributed by atoms with Gasteiger partial charge in [-0.2, -0.15) is 0 Å². The Morgan fingerprint density at radius 2 is 1.61 bits per heavy atom. The summed E-state index contributed by atoms with van der Waals surface area (Å²) in [6, 6.07) is 11.1. The molecule has 2 amide bonds. The summed E-state index contributed by atoms with van der Waals surface area (Å²) in [6.45, 7) is 2.97. The van der Waals surface area contributed by atoms with E-state index in [-0.39, 0.29) is 11.7 Å². The molecule has 1 aliphatic carbocycles. The molecule has 3 N–H and O–H groups in total. The molecule has 0 radical (unpaired) electrons. The minimum Gasteiger partial charge on any atom is -0.480 e. The lowest BCUT2D eigenvalue weighted by Crippen LogP contribution is -2.50. The topological polar surface area (TPSA) is 113 Å². The third kappa shape index (κ3) is 3.51. The van der Waals surface area contributed by atoms with Crippen molar-refractivity contribution < 1.29 is 24.3 Å². The number of amides is 2. The quantitative estimate of drug-likeness (QED) is 0.604. The number of aliphatic carboxylic acids is 1. The molecule has 0 bridgehead atoms. The predicted molar refractivity (Wildman–Crippen MR) is 102 cm³/mol. The maximum Gasteiger partial charge on any atom is 0.322 e. The molecule has 1 atom stereocenters. The van der Waals surface area contributed by atoms with Crippen LogP contribution < -0.4 is 10.6 Å². The molecule has 0 aromatic heterocycles. The van der Waals surface area contributed by atoms with Crippen molar-refractivity contribution in [1.29, 1.82) is 0 Å². The lowest BCUT2D eigenvalue weighted by atomic mass is 9.97. The first-order valence-electron chi connectivity index (χ1n) is 8.88. The molecule has 7 heteroatoms. The highest BCUT2D eigenvalue weighted by molar-refractivity contribution is 6.24. The standard InChI is InChI=1S/C21H20N2O5/c1-11(2)18(21(28)22-10-16(24)25)23-20(27)15-9-5-8-14-17(15)12-6-3-4-7-13(12)19(14)26/h3-9,11,18H,10H2,1-2H3,(H,22,28)(H,23,27)(H,24,25)/t18-/m0/s1. The Hall–Kier alpha value is -3.48. The molecule has 0 fully saturated rings. The van der Waals surface area contributed by atoms with Gasteiger partial charge in [-0.15, -0.1) is 0 Å². The first-order valence-corrected chi connectivity index (χ1v) is 8.88. The van der Waals surface area contributed by atoms with Crippen LogP contribution >= 0.6 is 0 Å². The van der Waals surface area contributed by atoms with Crippen molar-refractivity contribution in [3.05, 3.63) is 59.2 Å². The minimum absolute atomic E-state index is 0.139. The lowest BCUT2D eigenvalue weighted by molar-refractivity contribution is -0.138. The van der Waals surface area contributed by atoms with Crippen molar-refractivity contribution in [2.45, 2.75) is 19.9 Å². The molecule has 0 saturated carbocycles. The van der Waals surface area contributed by atoms with Gasteiger partial charge in [0.25, 0.3) is 5.91 Å². The van der Waals surface area contributed by atoms with Crippen LogP contribution in [-0.4, -0.2) is 41.3 Å². The van der Waals surface area contributed by atoms with E-state index in [0.29, 0.717) is 27.8 Å². The van der Waals surface area contributed by atoms with Gasteiger partial charge >= 0.3 is 5.97 Å². The molecule has 144 valence electrons. The highest BCUT2D eigenvalue weighted by Gasteiger charge is 2.32. The van der Waals surface area contributed by atoms with Crippen LogP contribution in [0.3, 0.4) is 0 Å². The van der Waals surface area contributed by atoms with Crippen molar-refractivity contribution in [1.82, 2.24) is 10.6 Å². The van der Waals surface area contributed by atoms with Crippen molar-refractivity contribution in [3.63, 3.8) is 0 Å². The summed E-state index contributed by atoms with van der Waals surface area (Å²) in [5.74, 6) is -2.64. The van der Waals surface area contributed by atoms with Gasteiger partial charge in [-0.1, -0.05) is 50.2 Å². The fourth-order valence-corrected chi connectivity index (χ4v) is 3.29. The molecule has 0 aliphatic heterocycles. The summed E-state index contributed by atoms with van der Waals surface area (Å²) in [7, 11) is 0. The van der Waals surface area contributed by atoms with E-state index in [1.54, 1.807) is 56.3 Å². The van der Waals surface area contributed by atoms with E-state index in [9.17, 15) is 19.2 Å². The minimum atomic E-state index is -1.17. The Kier molecular flexibility index (Phi) is 5.26. The molecule has 0 unspecified atom stereocenters. The first kappa shape index (κ1) is 19.3. The number of fused-ring (bicyclic) bond motifs is 3. The zero-order valence-electron chi connectivity index (χ0n) is 15.5. The van der Waals surface area contributed by atoms with Gasteiger partial charge in [0.05, 0.1) is 0 Å². The molecule has 0 heterocycles. The van der Waals surface area contributed by atoms with Crippen molar-refractivity contribution in [3.8, 4) is 11.1 Å². The normalized spacial score (nSPS) is 12.9. The molecule has 0 saturated heterocycles. The van der Waals surface area contributed by atoms with Crippen LogP contribution in [0.4, 0.5) is 0 Å². The number of hydrogen-bond acceptors (Lipinski definition) is 4. The number of carbonyl (C=O) groups excluding carboxylic acids is 3. The number of carboxylic acid groups (broad SMARTS) is 1. The summed E-state index contributed by atoms with van der Waals surface area (Å²) < 4.78 is 0. The second kappa shape index (κ2) is 7.64. The number of hydrogen-bond donors (Lipinski definition) is 3. The summed E-state index contributed by atoms with van der Waals surface area (Å²) in [5, 5.41) is 13.7. The molecule has 2 aromatic rings. The molecule has 1 aliphatic rings. The summed E-state index contributed by atoms with van der Waals surface area (Å²) in [6.07, 6.45) is 0. The maximum atomic E-state index is 13.0. The van der Waals surface area contributed by atoms with Gasteiger partial charge < -0.3 is 15.7 Å². The van der Waals surface area contributed by atoms with Gasteiger partial charge in [0, 0.05) is 22.3 Å². The number of ketones is 1. The Labute approximate surface area is 161 Å². The fraction of sp³-hybridized carbons (Fsp3) is 0.238. The number of carbonyl (C=O) groups is 4. The SMILES string of the molecule is CC(C)[C@H](NC(=O)c1cccc2c1-c1ccccc1C2=O)C(=O)NCC(=O)O. The number of carboxylic acids is 1. The second-order valence-corrected chi connectivity index (χ2v) is 6.91. The summed E-state index contributed by atoms with van der Waals surface area (Å²) >= 11 is 0. The Bertz CT molecular complexity index is 981. The molecular weight excluding hydrogens is 360 g/mol. The van der Waals surface area contributed by atoms with E-state index in [2.05, 4.69) is 10.6 Å². The highest BCUT2D eigenvalue weighted by Crippen LogP contribution is 2.38. The predicted octanol–water partition coefficient (Wildman–Crippen LogP) is 1.85.